The van der Waals surface area contributed by atoms with E-state index in [0.717, 1.165) is 17.7 Å². The molecule has 0 radical (unpaired) electrons. The predicted octanol–water partition coefficient (Wildman–Crippen LogP) is 3.84. The van der Waals surface area contributed by atoms with Crippen LogP contribution in [-0.2, 0) is 17.8 Å². The largest absolute Gasteiger partial charge is 0.410 e. The van der Waals surface area contributed by atoms with Crippen LogP contribution in [0.15, 0.2) is 28.7 Å². The smallest absolute Gasteiger partial charge is 0.312 e. The second-order valence-corrected chi connectivity index (χ2v) is 5.58. The van der Waals surface area contributed by atoms with E-state index in [1.807, 2.05) is 38.1 Å². The van der Waals surface area contributed by atoms with E-state index in [9.17, 15) is 4.79 Å². The summed E-state index contributed by atoms with van der Waals surface area (Å²) in [4.78, 5) is 14.2. The molecule has 2 aromatic rings. The van der Waals surface area contributed by atoms with Gasteiger partial charge in [0.25, 0.3) is 0 Å². The number of nitrogens with zero attached hydrogens (tertiary/aromatic N) is 3. The number of benzene rings is 1. The summed E-state index contributed by atoms with van der Waals surface area (Å²) in [6.45, 7) is 4.03. The average molecular weight is 342 g/mol. The van der Waals surface area contributed by atoms with E-state index < -0.39 is 5.38 Å². The van der Waals surface area contributed by atoms with Crippen molar-refractivity contribution in [2.45, 2.75) is 38.6 Å². The van der Waals surface area contributed by atoms with Crippen LogP contribution in [0.3, 0.4) is 0 Å². The topological polar surface area (TPSA) is 59.2 Å². The molecule has 22 heavy (non-hydrogen) atoms. The molecule has 0 spiro atoms. The van der Waals surface area contributed by atoms with Gasteiger partial charge in [0, 0.05) is 5.69 Å². The van der Waals surface area contributed by atoms with E-state index in [1.165, 1.54) is 0 Å². The summed E-state index contributed by atoms with van der Waals surface area (Å²) in [6, 6.07) is 7.68. The number of carbonyl (C=O) groups excluding carboxylic acids is 1. The normalized spacial score (nSPS) is 12.2. The molecule has 2 rings (SSSR count). The third kappa shape index (κ3) is 3.78. The van der Waals surface area contributed by atoms with Crippen LogP contribution in [0, 0.1) is 0 Å². The Kier molecular flexibility index (Phi) is 5.80. The van der Waals surface area contributed by atoms with Crippen LogP contribution in [0.25, 0.3) is 0 Å². The number of amides is 1. The summed E-state index contributed by atoms with van der Waals surface area (Å²) in [7, 11) is 0. The number of halogens is 2. The zero-order valence-corrected chi connectivity index (χ0v) is 13.9. The molecule has 0 bridgehead atoms. The van der Waals surface area contributed by atoms with Crippen molar-refractivity contribution in [3.05, 3.63) is 41.1 Å². The molecule has 0 saturated heterocycles. The fraction of sp³-hybridized carbons (Fsp3) is 0.400. The van der Waals surface area contributed by atoms with Gasteiger partial charge >= 0.3 is 5.35 Å². The molecule has 7 heteroatoms. The molecule has 1 aromatic heterocycles. The van der Waals surface area contributed by atoms with Crippen LogP contribution in [0.5, 0.6) is 0 Å². The Labute approximate surface area is 139 Å². The van der Waals surface area contributed by atoms with E-state index in [4.69, 9.17) is 27.6 Å². The van der Waals surface area contributed by atoms with Crippen molar-refractivity contribution >= 4 is 34.8 Å². The van der Waals surface area contributed by atoms with Gasteiger partial charge in [-0.2, -0.15) is 0 Å². The number of para-hydroxylation sites is 1. The van der Waals surface area contributed by atoms with Crippen LogP contribution in [0.2, 0.25) is 5.35 Å². The molecule has 0 aliphatic carbocycles. The molecule has 5 nitrogen and oxygen atoms in total. The molecule has 1 amide bonds. The molecule has 1 unspecified atom stereocenters. The summed E-state index contributed by atoms with van der Waals surface area (Å²) in [5.41, 5.74) is 1.84. The fourth-order valence-electron chi connectivity index (χ4n) is 2.13. The Morgan fingerprint density at radius 3 is 2.64 bits per heavy atom. The zero-order chi connectivity index (χ0) is 16.1. The first-order chi connectivity index (χ1) is 10.6. The molecular weight excluding hydrogens is 325 g/mol. The molecule has 0 aliphatic rings. The minimum Gasteiger partial charge on any atom is -0.410 e. The highest BCUT2D eigenvalue weighted by Crippen LogP contribution is 2.25. The van der Waals surface area contributed by atoms with Crippen molar-refractivity contribution in [3.8, 4) is 0 Å². The standard InChI is InChI=1S/C15H17Cl2N3O2/c1-3-10-7-5-6-8-12(10)20(14(21)11(16)4-2)9-13-18-19-15(17)22-13/h5-8,11H,3-4,9H2,1-2H3. The van der Waals surface area contributed by atoms with Gasteiger partial charge in [-0.1, -0.05) is 37.1 Å². The van der Waals surface area contributed by atoms with E-state index in [2.05, 4.69) is 10.2 Å². The second-order valence-electron chi connectivity index (χ2n) is 4.73. The average Bonchev–Trinajstić information content (AvgIpc) is 2.96. The van der Waals surface area contributed by atoms with Gasteiger partial charge in [0.1, 0.15) is 11.9 Å². The maximum atomic E-state index is 12.6. The first kappa shape index (κ1) is 16.8. The van der Waals surface area contributed by atoms with E-state index in [0.29, 0.717) is 6.42 Å². The Morgan fingerprint density at radius 2 is 2.05 bits per heavy atom. The van der Waals surface area contributed by atoms with Crippen molar-refractivity contribution in [3.63, 3.8) is 0 Å². The van der Waals surface area contributed by atoms with E-state index in [1.54, 1.807) is 4.90 Å². The zero-order valence-electron chi connectivity index (χ0n) is 12.4. The third-order valence-electron chi connectivity index (χ3n) is 3.29. The molecular formula is C15H17Cl2N3O2. The van der Waals surface area contributed by atoms with Crippen molar-refractivity contribution in [2.75, 3.05) is 4.90 Å². The molecule has 1 heterocycles. The highest BCUT2D eigenvalue weighted by molar-refractivity contribution is 6.32. The summed E-state index contributed by atoms with van der Waals surface area (Å²) in [6.07, 6.45) is 1.33. The van der Waals surface area contributed by atoms with Gasteiger partial charge < -0.3 is 9.32 Å². The first-order valence-corrected chi connectivity index (χ1v) is 7.89. The number of aryl methyl sites for hydroxylation is 1. The van der Waals surface area contributed by atoms with Crippen molar-refractivity contribution in [1.29, 1.82) is 0 Å². The fourth-order valence-corrected chi connectivity index (χ4v) is 2.38. The van der Waals surface area contributed by atoms with Gasteiger partial charge in [-0.3, -0.25) is 4.79 Å². The van der Waals surface area contributed by atoms with E-state index >= 15 is 0 Å². The Hall–Kier alpha value is -1.59. The van der Waals surface area contributed by atoms with Gasteiger partial charge in [-0.25, -0.2) is 0 Å². The Balaban J connectivity index is 2.38. The first-order valence-electron chi connectivity index (χ1n) is 7.08. The number of hydrogen-bond donors (Lipinski definition) is 0. The van der Waals surface area contributed by atoms with Gasteiger partial charge in [0.15, 0.2) is 0 Å². The van der Waals surface area contributed by atoms with Crippen LogP contribution in [0.4, 0.5) is 5.69 Å². The summed E-state index contributed by atoms with van der Waals surface area (Å²) < 4.78 is 5.18. The number of hydrogen-bond acceptors (Lipinski definition) is 4. The van der Waals surface area contributed by atoms with Crippen molar-refractivity contribution in [2.24, 2.45) is 0 Å². The van der Waals surface area contributed by atoms with Crippen LogP contribution in [0.1, 0.15) is 31.7 Å². The summed E-state index contributed by atoms with van der Waals surface area (Å²) in [5, 5.41) is 6.77. The molecule has 1 atom stereocenters. The number of anilines is 1. The molecule has 0 aliphatic heterocycles. The van der Waals surface area contributed by atoms with Crippen LogP contribution >= 0.6 is 23.2 Å². The van der Waals surface area contributed by atoms with E-state index in [-0.39, 0.29) is 23.7 Å². The third-order valence-corrected chi connectivity index (χ3v) is 3.94. The molecule has 0 N–H and O–H groups in total. The number of alkyl halides is 1. The van der Waals surface area contributed by atoms with Gasteiger partial charge in [-0.05, 0) is 36.1 Å². The lowest BCUT2D eigenvalue weighted by atomic mass is 10.1. The maximum absolute atomic E-state index is 12.6. The van der Waals surface area contributed by atoms with Gasteiger partial charge in [0.2, 0.25) is 11.8 Å². The maximum Gasteiger partial charge on any atom is 0.312 e. The van der Waals surface area contributed by atoms with Crippen molar-refractivity contribution in [1.82, 2.24) is 10.2 Å². The second kappa shape index (κ2) is 7.61. The molecule has 118 valence electrons. The van der Waals surface area contributed by atoms with Crippen LogP contribution in [-0.4, -0.2) is 21.5 Å². The van der Waals surface area contributed by atoms with Crippen LogP contribution < -0.4 is 4.90 Å². The molecule has 0 saturated carbocycles. The number of rotatable bonds is 6. The van der Waals surface area contributed by atoms with Crippen molar-refractivity contribution < 1.29 is 9.21 Å². The molecule has 0 fully saturated rings. The summed E-state index contributed by atoms with van der Waals surface area (Å²) in [5.74, 6) is 0.0728. The monoisotopic (exact) mass is 341 g/mol. The predicted molar refractivity (Wildman–Crippen MR) is 86.3 cm³/mol. The SMILES string of the molecule is CCc1ccccc1N(Cc1nnc(Cl)o1)C(=O)C(Cl)CC. The highest BCUT2D eigenvalue weighted by atomic mass is 35.5. The lowest BCUT2D eigenvalue weighted by Gasteiger charge is -2.25. The lowest BCUT2D eigenvalue weighted by molar-refractivity contribution is -0.118. The lowest BCUT2D eigenvalue weighted by Crippen LogP contribution is -2.37. The van der Waals surface area contributed by atoms with Gasteiger partial charge in [-0.15, -0.1) is 16.7 Å². The molecule has 1 aromatic carbocycles. The highest BCUT2D eigenvalue weighted by Gasteiger charge is 2.25. The number of carbonyl (C=O) groups is 1. The minimum absolute atomic E-state index is 0.0518. The van der Waals surface area contributed by atoms with Gasteiger partial charge in [0.05, 0.1) is 0 Å². The Morgan fingerprint density at radius 1 is 1.32 bits per heavy atom. The quantitative estimate of drug-likeness (QED) is 0.749. The minimum atomic E-state index is -0.608. The number of aromatic nitrogens is 2. The summed E-state index contributed by atoms with van der Waals surface area (Å²) >= 11 is 11.8. The Bertz CT molecular complexity index is 645.